The lowest BCUT2D eigenvalue weighted by molar-refractivity contribution is -0.111. The van der Waals surface area contributed by atoms with Crippen molar-refractivity contribution in [3.05, 3.63) is 82.4 Å². The molecule has 148 valence electrons. The monoisotopic (exact) mass is 405 g/mol. The van der Waals surface area contributed by atoms with E-state index in [1.54, 1.807) is 24.5 Å². The number of aromatic nitrogens is 1. The highest BCUT2D eigenvalue weighted by molar-refractivity contribution is 7.15. The molecule has 0 radical (unpaired) electrons. The van der Waals surface area contributed by atoms with Crippen LogP contribution in [0.1, 0.15) is 21.7 Å². The first kappa shape index (κ1) is 19.4. The number of nitrogens with one attached hydrogen (secondary N) is 1. The Morgan fingerprint density at radius 3 is 2.93 bits per heavy atom. The fraction of sp³-hybridized carbons (Fsp3) is 0.217. The zero-order valence-electron chi connectivity index (χ0n) is 16.3. The number of carbonyl (C=O) groups excluding carboxylic acids is 1. The van der Waals surface area contributed by atoms with Crippen LogP contribution in [0, 0.1) is 0 Å². The predicted octanol–water partition coefficient (Wildman–Crippen LogP) is 4.36. The molecule has 1 aliphatic rings. The van der Waals surface area contributed by atoms with E-state index in [1.165, 1.54) is 16.5 Å². The van der Waals surface area contributed by atoms with Crippen LogP contribution in [0.3, 0.4) is 0 Å². The summed E-state index contributed by atoms with van der Waals surface area (Å²) in [7, 11) is 1.63. The van der Waals surface area contributed by atoms with Gasteiger partial charge in [0.2, 0.25) is 5.91 Å². The number of amides is 1. The van der Waals surface area contributed by atoms with E-state index in [-0.39, 0.29) is 5.91 Å². The Labute approximate surface area is 174 Å². The SMILES string of the molecule is COc1cccc(/C=C/C(=O)Nc2nc3c(s2)CN(Cc2ccccc2)CC3)c1. The maximum atomic E-state index is 12.3. The summed E-state index contributed by atoms with van der Waals surface area (Å²) in [5, 5.41) is 3.56. The number of ether oxygens (including phenoxy) is 1. The van der Waals surface area contributed by atoms with Gasteiger partial charge in [-0.05, 0) is 29.3 Å². The highest BCUT2D eigenvalue weighted by atomic mass is 32.1. The van der Waals surface area contributed by atoms with Crippen LogP contribution in [-0.2, 0) is 24.3 Å². The molecule has 5 nitrogen and oxygen atoms in total. The molecule has 1 amide bonds. The maximum Gasteiger partial charge on any atom is 0.250 e. The van der Waals surface area contributed by atoms with Gasteiger partial charge in [0.05, 0.1) is 12.8 Å². The van der Waals surface area contributed by atoms with Crippen molar-refractivity contribution in [3.8, 4) is 5.75 Å². The van der Waals surface area contributed by atoms with Crippen LogP contribution in [0.15, 0.2) is 60.7 Å². The molecule has 3 aromatic rings. The molecule has 2 aromatic carbocycles. The van der Waals surface area contributed by atoms with Crippen LogP contribution in [0.2, 0.25) is 0 Å². The average molecular weight is 406 g/mol. The van der Waals surface area contributed by atoms with Gasteiger partial charge in [0, 0.05) is 37.0 Å². The number of carbonyl (C=O) groups is 1. The van der Waals surface area contributed by atoms with Crippen LogP contribution in [0.5, 0.6) is 5.75 Å². The Morgan fingerprint density at radius 1 is 1.24 bits per heavy atom. The van der Waals surface area contributed by atoms with Crippen LogP contribution in [0.4, 0.5) is 5.13 Å². The maximum absolute atomic E-state index is 12.3. The third kappa shape index (κ3) is 5.10. The molecular formula is C23H23N3O2S. The summed E-state index contributed by atoms with van der Waals surface area (Å²) in [5.74, 6) is 0.584. The molecule has 2 heterocycles. The molecule has 0 fully saturated rings. The van der Waals surface area contributed by atoms with Gasteiger partial charge in [-0.1, -0.05) is 42.5 Å². The Hall–Kier alpha value is -2.96. The number of rotatable bonds is 6. The van der Waals surface area contributed by atoms with Crippen LogP contribution >= 0.6 is 11.3 Å². The number of anilines is 1. The standard InChI is InChI=1S/C23H23N3O2S/c1-28-19-9-5-8-17(14-19)10-11-22(27)25-23-24-20-12-13-26(16-21(20)29-23)15-18-6-3-2-4-7-18/h2-11,14H,12-13,15-16H2,1H3,(H,24,25,27)/b11-10+. The summed E-state index contributed by atoms with van der Waals surface area (Å²) < 4.78 is 5.20. The summed E-state index contributed by atoms with van der Waals surface area (Å²) in [5.41, 5.74) is 3.33. The summed E-state index contributed by atoms with van der Waals surface area (Å²) in [4.78, 5) is 20.6. The molecule has 0 bridgehead atoms. The van der Waals surface area contributed by atoms with E-state index in [9.17, 15) is 4.79 Å². The minimum Gasteiger partial charge on any atom is -0.497 e. The highest BCUT2D eigenvalue weighted by Crippen LogP contribution is 2.29. The van der Waals surface area contributed by atoms with Gasteiger partial charge in [-0.25, -0.2) is 4.98 Å². The van der Waals surface area contributed by atoms with Gasteiger partial charge in [0.1, 0.15) is 5.75 Å². The quantitative estimate of drug-likeness (QED) is 0.619. The predicted molar refractivity (Wildman–Crippen MR) is 117 cm³/mol. The van der Waals surface area contributed by atoms with E-state index in [4.69, 9.17) is 4.74 Å². The summed E-state index contributed by atoms with van der Waals surface area (Å²) in [6.07, 6.45) is 4.21. The first-order valence-electron chi connectivity index (χ1n) is 9.57. The molecule has 0 spiro atoms. The number of thiazole rings is 1. The van der Waals surface area contributed by atoms with E-state index >= 15 is 0 Å². The Bertz CT molecular complexity index is 1010. The molecule has 0 unspecified atom stereocenters. The van der Waals surface area contributed by atoms with Gasteiger partial charge in [0.25, 0.3) is 0 Å². The van der Waals surface area contributed by atoms with E-state index < -0.39 is 0 Å². The average Bonchev–Trinajstić information content (AvgIpc) is 3.14. The first-order chi connectivity index (χ1) is 14.2. The third-order valence-corrected chi connectivity index (χ3v) is 5.81. The molecule has 1 aliphatic heterocycles. The zero-order valence-corrected chi connectivity index (χ0v) is 17.1. The molecule has 1 N–H and O–H groups in total. The zero-order chi connectivity index (χ0) is 20.1. The van der Waals surface area contributed by atoms with Gasteiger partial charge in [-0.15, -0.1) is 11.3 Å². The highest BCUT2D eigenvalue weighted by Gasteiger charge is 2.21. The molecule has 0 aliphatic carbocycles. The number of methoxy groups -OCH3 is 1. The lowest BCUT2D eigenvalue weighted by Crippen LogP contribution is -2.29. The number of hydrogen-bond donors (Lipinski definition) is 1. The summed E-state index contributed by atoms with van der Waals surface area (Å²) in [6, 6.07) is 18.1. The van der Waals surface area contributed by atoms with Crippen LogP contribution in [0.25, 0.3) is 6.08 Å². The topological polar surface area (TPSA) is 54.5 Å². The van der Waals surface area contributed by atoms with Crippen molar-refractivity contribution in [3.63, 3.8) is 0 Å². The van der Waals surface area contributed by atoms with Crippen molar-refractivity contribution in [2.45, 2.75) is 19.5 Å². The number of hydrogen-bond acceptors (Lipinski definition) is 5. The van der Waals surface area contributed by atoms with Crippen molar-refractivity contribution in [1.82, 2.24) is 9.88 Å². The second kappa shape index (κ2) is 9.03. The molecule has 0 atom stereocenters. The minimum atomic E-state index is -0.181. The van der Waals surface area contributed by atoms with Crippen molar-refractivity contribution >= 4 is 28.5 Å². The van der Waals surface area contributed by atoms with E-state index in [2.05, 4.69) is 39.5 Å². The van der Waals surface area contributed by atoms with Crippen molar-refractivity contribution in [2.24, 2.45) is 0 Å². The molecule has 0 saturated heterocycles. The molecular weight excluding hydrogens is 382 g/mol. The fourth-order valence-electron chi connectivity index (χ4n) is 3.34. The number of nitrogens with zero attached hydrogens (tertiary/aromatic N) is 2. The van der Waals surface area contributed by atoms with E-state index in [0.29, 0.717) is 5.13 Å². The third-order valence-electron chi connectivity index (χ3n) is 4.81. The molecule has 0 saturated carbocycles. The van der Waals surface area contributed by atoms with Crippen LogP contribution < -0.4 is 10.1 Å². The number of fused-ring (bicyclic) bond motifs is 1. The van der Waals surface area contributed by atoms with E-state index in [0.717, 1.165) is 43.1 Å². The fourth-order valence-corrected chi connectivity index (χ4v) is 4.40. The van der Waals surface area contributed by atoms with Gasteiger partial charge < -0.3 is 4.74 Å². The molecule has 4 rings (SSSR count). The largest absolute Gasteiger partial charge is 0.497 e. The summed E-state index contributed by atoms with van der Waals surface area (Å²) in [6.45, 7) is 2.79. The summed E-state index contributed by atoms with van der Waals surface area (Å²) >= 11 is 1.57. The molecule has 6 heteroatoms. The van der Waals surface area contributed by atoms with Crippen molar-refractivity contribution in [1.29, 1.82) is 0 Å². The normalized spacial score (nSPS) is 14.0. The lowest BCUT2D eigenvalue weighted by atomic mass is 10.1. The number of benzene rings is 2. The van der Waals surface area contributed by atoms with Gasteiger partial charge in [-0.3, -0.25) is 15.0 Å². The molecule has 1 aromatic heterocycles. The van der Waals surface area contributed by atoms with Crippen molar-refractivity contribution < 1.29 is 9.53 Å². The molecule has 29 heavy (non-hydrogen) atoms. The van der Waals surface area contributed by atoms with Gasteiger partial charge in [0.15, 0.2) is 5.13 Å². The van der Waals surface area contributed by atoms with E-state index in [1.807, 2.05) is 30.3 Å². The minimum absolute atomic E-state index is 0.181. The van der Waals surface area contributed by atoms with Gasteiger partial charge in [-0.2, -0.15) is 0 Å². The second-order valence-corrected chi connectivity index (χ2v) is 8.02. The lowest BCUT2D eigenvalue weighted by Gasteiger charge is -2.25. The Kier molecular flexibility index (Phi) is 6.03. The Balaban J connectivity index is 1.36. The first-order valence-corrected chi connectivity index (χ1v) is 10.4. The second-order valence-electron chi connectivity index (χ2n) is 6.93. The van der Waals surface area contributed by atoms with Crippen molar-refractivity contribution in [2.75, 3.05) is 19.0 Å². The van der Waals surface area contributed by atoms with Gasteiger partial charge >= 0.3 is 0 Å². The smallest absolute Gasteiger partial charge is 0.250 e. The van der Waals surface area contributed by atoms with Crippen LogP contribution in [-0.4, -0.2) is 29.4 Å². The Morgan fingerprint density at radius 2 is 2.10 bits per heavy atom.